The molecular formula is C29H35FN6O. The predicted molar refractivity (Wildman–Crippen MR) is 142 cm³/mol. The summed E-state index contributed by atoms with van der Waals surface area (Å²) in [4.78, 5) is 17.3. The van der Waals surface area contributed by atoms with Gasteiger partial charge in [-0.2, -0.15) is 5.10 Å². The van der Waals surface area contributed by atoms with E-state index in [4.69, 9.17) is 4.74 Å². The molecule has 3 aromatic heterocycles. The predicted octanol–water partition coefficient (Wildman–Crippen LogP) is 6.60. The van der Waals surface area contributed by atoms with Crippen molar-refractivity contribution in [1.29, 1.82) is 0 Å². The maximum atomic E-state index is 14.7. The lowest BCUT2D eigenvalue weighted by atomic mass is 9.86. The standard InChI is InChI=1S/C18H19FN4.C11H16N2O/c1-10-11(2)23-17-16(22-10)15(20-9-21-17)13-7-6-12(8-14(13)19)18(3,4)5;1-2-6-14-11(3-1)9-7-12-13(8-9)10-4-5-10/h6-9H,1-5H3;7-8,10-11H,1-6H2. The lowest BCUT2D eigenvalue weighted by Crippen LogP contribution is -2.11. The Kier molecular flexibility index (Phi) is 7.03. The molecule has 1 atom stereocenters. The van der Waals surface area contributed by atoms with Crippen molar-refractivity contribution < 1.29 is 9.13 Å². The SMILES string of the molecule is Cc1nc2ncnc(-c3ccc(C(C)(C)C)cc3F)c2nc1C.c1nn(C2CC2)cc1C1CCCCO1. The minimum Gasteiger partial charge on any atom is -0.373 e. The van der Waals surface area contributed by atoms with Crippen LogP contribution in [0.5, 0.6) is 0 Å². The molecule has 0 spiro atoms. The van der Waals surface area contributed by atoms with Gasteiger partial charge in [0.2, 0.25) is 0 Å². The molecule has 194 valence electrons. The minimum absolute atomic E-state index is 0.111. The fourth-order valence-corrected chi connectivity index (χ4v) is 4.47. The molecule has 7 nitrogen and oxygen atoms in total. The van der Waals surface area contributed by atoms with E-state index >= 15 is 0 Å². The molecule has 0 amide bonds. The number of aryl methyl sites for hydroxylation is 2. The summed E-state index contributed by atoms with van der Waals surface area (Å²) in [6, 6.07) is 5.94. The lowest BCUT2D eigenvalue weighted by molar-refractivity contribution is 0.0149. The zero-order valence-electron chi connectivity index (χ0n) is 22.3. The highest BCUT2D eigenvalue weighted by molar-refractivity contribution is 5.86. The molecule has 1 aromatic carbocycles. The molecule has 6 rings (SSSR count). The summed E-state index contributed by atoms with van der Waals surface area (Å²) in [7, 11) is 0. The summed E-state index contributed by atoms with van der Waals surface area (Å²) in [6.07, 6.45) is 12.1. The van der Waals surface area contributed by atoms with Crippen molar-refractivity contribution in [1.82, 2.24) is 29.7 Å². The molecule has 1 unspecified atom stereocenters. The Morgan fingerprint density at radius 1 is 1.00 bits per heavy atom. The molecule has 1 aliphatic carbocycles. The summed E-state index contributed by atoms with van der Waals surface area (Å²) in [5.41, 5.74) is 5.61. The van der Waals surface area contributed by atoms with Crippen LogP contribution in [0.25, 0.3) is 22.4 Å². The van der Waals surface area contributed by atoms with Gasteiger partial charge in [-0.1, -0.05) is 26.8 Å². The van der Waals surface area contributed by atoms with Gasteiger partial charge in [0, 0.05) is 23.9 Å². The van der Waals surface area contributed by atoms with Crippen LogP contribution in [-0.2, 0) is 10.2 Å². The second-order valence-corrected chi connectivity index (χ2v) is 11.1. The highest BCUT2D eigenvalue weighted by Crippen LogP contribution is 2.36. The average molecular weight is 503 g/mol. The van der Waals surface area contributed by atoms with Crippen LogP contribution in [0.15, 0.2) is 36.9 Å². The van der Waals surface area contributed by atoms with Crippen LogP contribution in [-0.4, -0.2) is 36.3 Å². The van der Waals surface area contributed by atoms with Crippen LogP contribution in [0, 0.1) is 19.7 Å². The molecule has 8 heteroatoms. The third-order valence-electron chi connectivity index (χ3n) is 7.06. The van der Waals surface area contributed by atoms with Gasteiger partial charge in [-0.25, -0.2) is 24.3 Å². The first-order valence-corrected chi connectivity index (χ1v) is 13.1. The molecule has 4 aromatic rings. The second-order valence-electron chi connectivity index (χ2n) is 11.1. The van der Waals surface area contributed by atoms with E-state index < -0.39 is 0 Å². The number of nitrogens with zero attached hydrogens (tertiary/aromatic N) is 6. The van der Waals surface area contributed by atoms with Gasteiger partial charge in [-0.3, -0.25) is 4.68 Å². The van der Waals surface area contributed by atoms with E-state index in [0.29, 0.717) is 34.6 Å². The monoisotopic (exact) mass is 502 g/mol. The molecule has 1 saturated heterocycles. The summed E-state index contributed by atoms with van der Waals surface area (Å²) in [5.74, 6) is -0.308. The molecule has 0 radical (unpaired) electrons. The minimum atomic E-state index is -0.308. The number of ether oxygens (including phenoxy) is 1. The summed E-state index contributed by atoms with van der Waals surface area (Å²) in [5, 5.41) is 4.39. The first kappa shape index (κ1) is 25.4. The smallest absolute Gasteiger partial charge is 0.182 e. The molecular weight excluding hydrogens is 467 g/mol. The number of rotatable bonds is 3. The van der Waals surface area contributed by atoms with Crippen LogP contribution >= 0.6 is 0 Å². The normalized spacial score (nSPS) is 17.9. The largest absolute Gasteiger partial charge is 0.373 e. The zero-order valence-corrected chi connectivity index (χ0v) is 22.3. The summed E-state index contributed by atoms with van der Waals surface area (Å²) >= 11 is 0. The van der Waals surface area contributed by atoms with Gasteiger partial charge in [-0.15, -0.1) is 0 Å². The summed E-state index contributed by atoms with van der Waals surface area (Å²) < 4.78 is 22.5. The molecule has 0 bridgehead atoms. The molecule has 4 heterocycles. The van der Waals surface area contributed by atoms with Crippen molar-refractivity contribution in [2.75, 3.05) is 6.61 Å². The number of benzene rings is 1. The first-order valence-electron chi connectivity index (χ1n) is 13.1. The van der Waals surface area contributed by atoms with E-state index in [1.807, 2.05) is 26.1 Å². The first-order chi connectivity index (χ1) is 17.7. The summed E-state index contributed by atoms with van der Waals surface area (Å²) in [6.45, 7) is 10.8. The quantitative estimate of drug-likeness (QED) is 0.314. The van der Waals surface area contributed by atoms with Crippen LogP contribution in [0.4, 0.5) is 4.39 Å². The van der Waals surface area contributed by atoms with Crippen molar-refractivity contribution in [3.63, 3.8) is 0 Å². The van der Waals surface area contributed by atoms with Crippen molar-refractivity contribution in [2.45, 2.75) is 84.3 Å². The van der Waals surface area contributed by atoms with Gasteiger partial charge in [0.25, 0.3) is 0 Å². The van der Waals surface area contributed by atoms with E-state index in [9.17, 15) is 4.39 Å². The molecule has 1 aliphatic heterocycles. The Labute approximate surface area is 217 Å². The Morgan fingerprint density at radius 2 is 1.78 bits per heavy atom. The van der Waals surface area contributed by atoms with Crippen molar-refractivity contribution >= 4 is 11.2 Å². The topological polar surface area (TPSA) is 78.6 Å². The molecule has 37 heavy (non-hydrogen) atoms. The van der Waals surface area contributed by atoms with Crippen LogP contribution in [0.2, 0.25) is 0 Å². The van der Waals surface area contributed by atoms with Gasteiger partial charge < -0.3 is 4.74 Å². The second kappa shape index (κ2) is 10.2. The van der Waals surface area contributed by atoms with E-state index in [2.05, 4.69) is 56.7 Å². The maximum Gasteiger partial charge on any atom is 0.182 e. The van der Waals surface area contributed by atoms with E-state index in [1.165, 1.54) is 37.6 Å². The Hall–Kier alpha value is -3.26. The molecule has 2 aliphatic rings. The molecule has 0 N–H and O–H groups in total. The van der Waals surface area contributed by atoms with Crippen molar-refractivity contribution in [3.8, 4) is 11.3 Å². The maximum absolute atomic E-state index is 14.7. The van der Waals surface area contributed by atoms with E-state index in [1.54, 1.807) is 12.1 Å². The average Bonchev–Trinajstić information content (AvgIpc) is 3.61. The third-order valence-corrected chi connectivity index (χ3v) is 7.06. The number of aromatic nitrogens is 6. The highest BCUT2D eigenvalue weighted by Gasteiger charge is 2.26. The van der Waals surface area contributed by atoms with E-state index in [-0.39, 0.29) is 11.2 Å². The fourth-order valence-electron chi connectivity index (χ4n) is 4.47. The van der Waals surface area contributed by atoms with Gasteiger partial charge in [0.1, 0.15) is 23.4 Å². The molecule has 1 saturated carbocycles. The van der Waals surface area contributed by atoms with Crippen molar-refractivity contribution in [3.05, 3.63) is 65.3 Å². The number of hydrogen-bond acceptors (Lipinski definition) is 6. The van der Waals surface area contributed by atoms with Crippen LogP contribution in [0.1, 0.15) is 87.5 Å². The van der Waals surface area contributed by atoms with Gasteiger partial charge in [0.15, 0.2) is 5.65 Å². The lowest BCUT2D eigenvalue weighted by Gasteiger charge is -2.21. The van der Waals surface area contributed by atoms with Crippen LogP contribution < -0.4 is 0 Å². The van der Waals surface area contributed by atoms with E-state index in [0.717, 1.165) is 30.0 Å². The van der Waals surface area contributed by atoms with Gasteiger partial charge in [0.05, 0.1) is 29.7 Å². The Balaban J connectivity index is 0.000000170. The molecule has 2 fully saturated rings. The van der Waals surface area contributed by atoms with Gasteiger partial charge >= 0.3 is 0 Å². The third kappa shape index (κ3) is 5.69. The number of fused-ring (bicyclic) bond motifs is 1. The fraction of sp³-hybridized carbons (Fsp3) is 0.483. The number of hydrogen-bond donors (Lipinski definition) is 0. The Morgan fingerprint density at radius 3 is 2.46 bits per heavy atom. The Bertz CT molecular complexity index is 1400. The van der Waals surface area contributed by atoms with Crippen molar-refractivity contribution in [2.24, 2.45) is 0 Å². The van der Waals surface area contributed by atoms with Crippen LogP contribution in [0.3, 0.4) is 0 Å². The van der Waals surface area contributed by atoms with Gasteiger partial charge in [-0.05, 0) is 69.1 Å². The number of halogens is 1. The zero-order chi connectivity index (χ0) is 26.2. The highest BCUT2D eigenvalue weighted by atomic mass is 19.1.